The molecular weight excluding hydrogens is 246 g/mol. The highest BCUT2D eigenvalue weighted by molar-refractivity contribution is 5.63. The van der Waals surface area contributed by atoms with Gasteiger partial charge in [-0.25, -0.2) is 0 Å². The molecule has 6 nitrogen and oxygen atoms in total. The van der Waals surface area contributed by atoms with Crippen LogP contribution >= 0.6 is 0 Å². The minimum absolute atomic E-state index is 0.0109. The topological polar surface area (TPSA) is 77.3 Å². The Hall–Kier alpha value is -2.63. The lowest BCUT2D eigenvalue weighted by molar-refractivity contribution is -0.384. The van der Waals surface area contributed by atoms with Crippen molar-refractivity contribution >= 4 is 11.4 Å². The zero-order valence-electron chi connectivity index (χ0n) is 10.4. The fourth-order valence-corrected chi connectivity index (χ4v) is 1.64. The molecule has 1 aromatic heterocycles. The Kier molecular flexibility index (Phi) is 3.92. The summed E-state index contributed by atoms with van der Waals surface area (Å²) in [6, 6.07) is 8.42. The number of benzene rings is 1. The van der Waals surface area contributed by atoms with Gasteiger partial charge in [-0.3, -0.25) is 15.1 Å². The molecule has 1 N–H and O–H groups in total. The average molecular weight is 259 g/mol. The lowest BCUT2D eigenvalue weighted by atomic mass is 10.2. The van der Waals surface area contributed by atoms with Crippen LogP contribution in [0.2, 0.25) is 0 Å². The minimum Gasteiger partial charge on any atom is -0.496 e. The third-order valence-electron chi connectivity index (χ3n) is 2.61. The highest BCUT2D eigenvalue weighted by atomic mass is 16.6. The number of aromatic nitrogens is 1. The van der Waals surface area contributed by atoms with Crippen molar-refractivity contribution in [1.82, 2.24) is 4.98 Å². The first kappa shape index (κ1) is 12.8. The van der Waals surface area contributed by atoms with Crippen LogP contribution in [-0.4, -0.2) is 17.0 Å². The molecule has 98 valence electrons. The van der Waals surface area contributed by atoms with E-state index in [1.165, 1.54) is 13.2 Å². The molecule has 1 heterocycles. The van der Waals surface area contributed by atoms with E-state index in [1.54, 1.807) is 24.5 Å². The summed E-state index contributed by atoms with van der Waals surface area (Å²) in [6.07, 6.45) is 3.39. The summed E-state index contributed by atoms with van der Waals surface area (Å²) in [4.78, 5) is 14.6. The van der Waals surface area contributed by atoms with Crippen molar-refractivity contribution in [3.05, 3.63) is 58.4 Å². The number of nitro benzene ring substituents is 1. The van der Waals surface area contributed by atoms with E-state index >= 15 is 0 Å². The summed E-state index contributed by atoms with van der Waals surface area (Å²) in [5.74, 6) is 0.457. The SMILES string of the molecule is COc1ccc(NCc2cccnc2)c([N+](=O)[O-])c1. The highest BCUT2D eigenvalue weighted by Gasteiger charge is 2.14. The molecule has 0 saturated carbocycles. The van der Waals surface area contributed by atoms with E-state index in [9.17, 15) is 10.1 Å². The van der Waals surface area contributed by atoms with E-state index in [-0.39, 0.29) is 5.69 Å². The predicted octanol–water partition coefficient (Wildman–Crippen LogP) is 2.61. The van der Waals surface area contributed by atoms with Crippen LogP contribution in [-0.2, 0) is 6.54 Å². The molecule has 0 amide bonds. The van der Waals surface area contributed by atoms with Crippen LogP contribution in [0.25, 0.3) is 0 Å². The van der Waals surface area contributed by atoms with E-state index in [0.29, 0.717) is 18.0 Å². The van der Waals surface area contributed by atoms with Crippen LogP contribution in [0, 0.1) is 10.1 Å². The first-order chi connectivity index (χ1) is 9.20. The molecule has 1 aromatic carbocycles. The van der Waals surface area contributed by atoms with Crippen LogP contribution < -0.4 is 10.1 Å². The van der Waals surface area contributed by atoms with Crippen molar-refractivity contribution in [1.29, 1.82) is 0 Å². The van der Waals surface area contributed by atoms with Gasteiger partial charge in [-0.1, -0.05) is 6.07 Å². The van der Waals surface area contributed by atoms with E-state index in [1.807, 2.05) is 12.1 Å². The van der Waals surface area contributed by atoms with Crippen LogP contribution in [0.4, 0.5) is 11.4 Å². The van der Waals surface area contributed by atoms with Gasteiger partial charge in [0.2, 0.25) is 0 Å². The molecule has 2 rings (SSSR count). The molecule has 0 unspecified atom stereocenters. The van der Waals surface area contributed by atoms with E-state index in [2.05, 4.69) is 10.3 Å². The van der Waals surface area contributed by atoms with E-state index < -0.39 is 4.92 Å². The van der Waals surface area contributed by atoms with Gasteiger partial charge >= 0.3 is 0 Å². The van der Waals surface area contributed by atoms with Crippen molar-refractivity contribution in [2.45, 2.75) is 6.54 Å². The summed E-state index contributed by atoms with van der Waals surface area (Å²) < 4.78 is 4.98. The number of hydrogen-bond donors (Lipinski definition) is 1. The number of nitrogens with one attached hydrogen (secondary N) is 1. The van der Waals surface area contributed by atoms with Crippen molar-refractivity contribution in [3.8, 4) is 5.75 Å². The lowest BCUT2D eigenvalue weighted by Crippen LogP contribution is -2.03. The van der Waals surface area contributed by atoms with Gasteiger partial charge in [0.15, 0.2) is 0 Å². The Morgan fingerprint density at radius 2 is 2.26 bits per heavy atom. The molecule has 2 aromatic rings. The highest BCUT2D eigenvalue weighted by Crippen LogP contribution is 2.29. The Labute approximate surface area is 110 Å². The first-order valence-corrected chi connectivity index (χ1v) is 5.66. The quantitative estimate of drug-likeness (QED) is 0.659. The monoisotopic (exact) mass is 259 g/mol. The summed E-state index contributed by atoms with van der Waals surface area (Å²) in [5.41, 5.74) is 1.39. The normalized spacial score (nSPS) is 9.95. The molecule has 0 saturated heterocycles. The summed E-state index contributed by atoms with van der Waals surface area (Å²) in [5, 5.41) is 14.0. The maximum atomic E-state index is 11.0. The number of hydrogen-bond acceptors (Lipinski definition) is 5. The number of nitro groups is 1. The van der Waals surface area contributed by atoms with Gasteiger partial charge in [-0.15, -0.1) is 0 Å². The minimum atomic E-state index is -0.436. The summed E-state index contributed by atoms with van der Waals surface area (Å²) >= 11 is 0. The van der Waals surface area contributed by atoms with Gasteiger partial charge in [0, 0.05) is 18.9 Å². The Morgan fingerprint density at radius 3 is 2.89 bits per heavy atom. The van der Waals surface area contributed by atoms with Crippen LogP contribution in [0.5, 0.6) is 5.75 Å². The zero-order valence-corrected chi connectivity index (χ0v) is 10.4. The smallest absolute Gasteiger partial charge is 0.296 e. The molecule has 0 atom stereocenters. The van der Waals surface area contributed by atoms with Crippen LogP contribution in [0.15, 0.2) is 42.7 Å². The molecule has 6 heteroatoms. The van der Waals surface area contributed by atoms with Gasteiger partial charge in [-0.05, 0) is 23.8 Å². The van der Waals surface area contributed by atoms with Crippen molar-refractivity contribution in [3.63, 3.8) is 0 Å². The van der Waals surface area contributed by atoms with Gasteiger partial charge < -0.3 is 10.1 Å². The Morgan fingerprint density at radius 1 is 1.42 bits per heavy atom. The largest absolute Gasteiger partial charge is 0.496 e. The molecule has 19 heavy (non-hydrogen) atoms. The van der Waals surface area contributed by atoms with Gasteiger partial charge in [0.1, 0.15) is 11.4 Å². The second-order valence-corrected chi connectivity index (χ2v) is 3.86. The van der Waals surface area contributed by atoms with E-state index in [4.69, 9.17) is 4.74 Å². The summed E-state index contributed by atoms with van der Waals surface area (Å²) in [7, 11) is 1.47. The van der Waals surface area contributed by atoms with Crippen molar-refractivity contribution < 1.29 is 9.66 Å². The Balaban J connectivity index is 2.18. The fraction of sp³-hybridized carbons (Fsp3) is 0.154. The number of nitrogens with zero attached hydrogens (tertiary/aromatic N) is 2. The number of anilines is 1. The molecule has 0 aliphatic rings. The number of ether oxygens (including phenoxy) is 1. The van der Waals surface area contributed by atoms with Gasteiger partial charge in [-0.2, -0.15) is 0 Å². The van der Waals surface area contributed by atoms with Gasteiger partial charge in [0.05, 0.1) is 18.1 Å². The number of rotatable bonds is 5. The molecule has 0 radical (unpaired) electrons. The fourth-order valence-electron chi connectivity index (χ4n) is 1.64. The standard InChI is InChI=1S/C13H13N3O3/c1-19-11-4-5-12(13(7-11)16(17)18)15-9-10-3-2-6-14-8-10/h2-8,15H,9H2,1H3. The molecule has 0 bridgehead atoms. The summed E-state index contributed by atoms with van der Waals surface area (Å²) in [6.45, 7) is 0.473. The van der Waals surface area contributed by atoms with Crippen LogP contribution in [0.1, 0.15) is 5.56 Å². The predicted molar refractivity (Wildman–Crippen MR) is 71.2 cm³/mol. The second-order valence-electron chi connectivity index (χ2n) is 3.86. The van der Waals surface area contributed by atoms with Gasteiger partial charge in [0.25, 0.3) is 5.69 Å². The Bertz CT molecular complexity index is 573. The molecule has 0 aliphatic carbocycles. The van der Waals surface area contributed by atoms with Crippen LogP contribution in [0.3, 0.4) is 0 Å². The third kappa shape index (κ3) is 3.19. The first-order valence-electron chi connectivity index (χ1n) is 5.66. The van der Waals surface area contributed by atoms with Crippen molar-refractivity contribution in [2.24, 2.45) is 0 Å². The molecule has 0 fully saturated rings. The molecule has 0 aliphatic heterocycles. The lowest BCUT2D eigenvalue weighted by Gasteiger charge is -2.08. The third-order valence-corrected chi connectivity index (χ3v) is 2.61. The van der Waals surface area contributed by atoms with Crippen molar-refractivity contribution in [2.75, 3.05) is 12.4 Å². The molecule has 0 spiro atoms. The zero-order chi connectivity index (χ0) is 13.7. The average Bonchev–Trinajstić information content (AvgIpc) is 2.46. The molecular formula is C13H13N3O3. The number of methoxy groups -OCH3 is 1. The second kappa shape index (κ2) is 5.81. The number of pyridine rings is 1. The maximum absolute atomic E-state index is 11.0. The maximum Gasteiger partial charge on any atom is 0.296 e. The van der Waals surface area contributed by atoms with E-state index in [0.717, 1.165) is 5.56 Å².